The molecule has 8 heteroatoms. The minimum absolute atomic E-state index is 0.166. The summed E-state index contributed by atoms with van der Waals surface area (Å²) in [4.78, 5) is 16.8. The summed E-state index contributed by atoms with van der Waals surface area (Å²) < 4.78 is 21.6. The van der Waals surface area contributed by atoms with Crippen molar-refractivity contribution in [2.24, 2.45) is 0 Å². The van der Waals surface area contributed by atoms with Crippen molar-refractivity contribution in [1.82, 2.24) is 10.1 Å². The number of carbonyl (C=O) groups excluding carboxylic acids is 1. The second-order valence-corrected chi connectivity index (χ2v) is 6.69. The van der Waals surface area contributed by atoms with Crippen LogP contribution in [0, 0.1) is 0 Å². The highest BCUT2D eigenvalue weighted by Crippen LogP contribution is 2.30. The Hall–Kier alpha value is -4.33. The number of nitrogens with zero attached hydrogens (tertiary/aromatic N) is 2. The summed E-state index contributed by atoms with van der Waals surface area (Å²) in [7, 11) is 3.13. The van der Waals surface area contributed by atoms with Crippen LogP contribution < -0.4 is 19.5 Å². The van der Waals surface area contributed by atoms with Crippen molar-refractivity contribution in [3.63, 3.8) is 0 Å². The van der Waals surface area contributed by atoms with Gasteiger partial charge in [0.15, 0.2) is 6.61 Å². The fourth-order valence-corrected chi connectivity index (χ4v) is 3.08. The number of para-hydroxylation sites is 3. The van der Waals surface area contributed by atoms with Gasteiger partial charge in [0.05, 0.1) is 25.5 Å². The molecule has 0 aliphatic carbocycles. The fourth-order valence-electron chi connectivity index (χ4n) is 3.08. The van der Waals surface area contributed by atoms with E-state index in [4.69, 9.17) is 18.7 Å². The molecule has 0 atom stereocenters. The van der Waals surface area contributed by atoms with Crippen LogP contribution in [0.5, 0.6) is 17.2 Å². The maximum absolute atomic E-state index is 12.3. The number of methoxy groups -OCH3 is 2. The molecule has 0 aliphatic rings. The summed E-state index contributed by atoms with van der Waals surface area (Å²) in [5.74, 6) is 2.15. The molecular weight excluding hydrogens is 410 g/mol. The number of ether oxygens (including phenoxy) is 3. The van der Waals surface area contributed by atoms with Crippen molar-refractivity contribution >= 4 is 11.6 Å². The first-order chi connectivity index (χ1) is 15.7. The predicted molar refractivity (Wildman–Crippen MR) is 119 cm³/mol. The Morgan fingerprint density at radius 1 is 0.938 bits per heavy atom. The third-order valence-corrected chi connectivity index (χ3v) is 4.61. The first kappa shape index (κ1) is 20.9. The van der Waals surface area contributed by atoms with Gasteiger partial charge in [-0.15, -0.1) is 0 Å². The Morgan fingerprint density at radius 3 is 2.50 bits per heavy atom. The summed E-state index contributed by atoms with van der Waals surface area (Å²) in [5, 5.41) is 6.83. The number of rotatable bonds is 8. The van der Waals surface area contributed by atoms with Gasteiger partial charge >= 0.3 is 0 Å². The monoisotopic (exact) mass is 431 g/mol. The maximum atomic E-state index is 12.3. The lowest BCUT2D eigenvalue weighted by atomic mass is 10.2. The van der Waals surface area contributed by atoms with Crippen LogP contribution in [0.25, 0.3) is 22.8 Å². The van der Waals surface area contributed by atoms with E-state index in [9.17, 15) is 4.79 Å². The molecule has 162 valence electrons. The molecule has 1 amide bonds. The van der Waals surface area contributed by atoms with Crippen LogP contribution in [0.4, 0.5) is 5.69 Å². The number of amides is 1. The van der Waals surface area contributed by atoms with Gasteiger partial charge in [-0.05, 0) is 36.4 Å². The minimum Gasteiger partial charge on any atom is -0.496 e. The van der Waals surface area contributed by atoms with Crippen LogP contribution >= 0.6 is 0 Å². The van der Waals surface area contributed by atoms with E-state index in [1.54, 1.807) is 44.6 Å². The minimum atomic E-state index is -0.307. The summed E-state index contributed by atoms with van der Waals surface area (Å²) in [6.07, 6.45) is 0. The van der Waals surface area contributed by atoms with E-state index in [1.807, 2.05) is 42.5 Å². The van der Waals surface area contributed by atoms with Gasteiger partial charge in [-0.2, -0.15) is 4.98 Å². The molecular formula is C24H21N3O5. The number of aromatic nitrogens is 2. The molecule has 1 heterocycles. The topological polar surface area (TPSA) is 95.7 Å². The highest BCUT2D eigenvalue weighted by molar-refractivity contribution is 5.93. The molecule has 1 N–H and O–H groups in total. The van der Waals surface area contributed by atoms with E-state index >= 15 is 0 Å². The lowest BCUT2D eigenvalue weighted by molar-refractivity contribution is -0.118. The van der Waals surface area contributed by atoms with Crippen molar-refractivity contribution in [1.29, 1.82) is 0 Å². The molecule has 0 saturated heterocycles. The molecule has 0 fully saturated rings. The second-order valence-electron chi connectivity index (χ2n) is 6.69. The van der Waals surface area contributed by atoms with Gasteiger partial charge in [0.2, 0.25) is 5.82 Å². The van der Waals surface area contributed by atoms with Gasteiger partial charge < -0.3 is 24.1 Å². The fraction of sp³-hybridized carbons (Fsp3) is 0.125. The zero-order valence-corrected chi connectivity index (χ0v) is 17.6. The molecule has 4 aromatic rings. The second kappa shape index (κ2) is 9.65. The predicted octanol–water partition coefficient (Wildman–Crippen LogP) is 4.44. The largest absolute Gasteiger partial charge is 0.496 e. The van der Waals surface area contributed by atoms with Gasteiger partial charge in [0.1, 0.15) is 17.2 Å². The third-order valence-electron chi connectivity index (χ3n) is 4.61. The van der Waals surface area contributed by atoms with E-state index in [-0.39, 0.29) is 12.5 Å². The number of anilines is 1. The van der Waals surface area contributed by atoms with E-state index in [0.29, 0.717) is 45.8 Å². The van der Waals surface area contributed by atoms with Crippen LogP contribution in [-0.4, -0.2) is 36.9 Å². The normalized spacial score (nSPS) is 10.4. The first-order valence-electron chi connectivity index (χ1n) is 9.81. The number of hydrogen-bond acceptors (Lipinski definition) is 7. The van der Waals surface area contributed by atoms with E-state index in [1.165, 1.54) is 0 Å². The highest BCUT2D eigenvalue weighted by atomic mass is 16.5. The highest BCUT2D eigenvalue weighted by Gasteiger charge is 2.15. The quantitative estimate of drug-likeness (QED) is 0.441. The van der Waals surface area contributed by atoms with Crippen LogP contribution in [-0.2, 0) is 4.79 Å². The lowest BCUT2D eigenvalue weighted by Crippen LogP contribution is -2.20. The smallest absolute Gasteiger partial charge is 0.262 e. The molecule has 32 heavy (non-hydrogen) atoms. The molecule has 0 aliphatic heterocycles. The number of nitrogens with one attached hydrogen (secondary N) is 1. The summed E-state index contributed by atoms with van der Waals surface area (Å²) >= 11 is 0. The van der Waals surface area contributed by atoms with Crippen molar-refractivity contribution < 1.29 is 23.5 Å². The third kappa shape index (κ3) is 4.70. The average molecular weight is 431 g/mol. The molecule has 0 radical (unpaired) electrons. The molecule has 1 aromatic heterocycles. The molecule has 3 aromatic carbocycles. The van der Waals surface area contributed by atoms with Gasteiger partial charge in [-0.25, -0.2) is 0 Å². The maximum Gasteiger partial charge on any atom is 0.262 e. The van der Waals surface area contributed by atoms with Crippen molar-refractivity contribution in [2.75, 3.05) is 26.1 Å². The van der Waals surface area contributed by atoms with Crippen molar-refractivity contribution in [2.45, 2.75) is 0 Å². The van der Waals surface area contributed by atoms with Crippen LogP contribution in [0.1, 0.15) is 0 Å². The Balaban J connectivity index is 1.44. The van der Waals surface area contributed by atoms with Gasteiger partial charge in [0.25, 0.3) is 11.8 Å². The number of carbonyl (C=O) groups is 1. The van der Waals surface area contributed by atoms with E-state index in [2.05, 4.69) is 15.5 Å². The van der Waals surface area contributed by atoms with Crippen LogP contribution in [0.2, 0.25) is 0 Å². The zero-order valence-electron chi connectivity index (χ0n) is 17.6. The van der Waals surface area contributed by atoms with Gasteiger partial charge in [-0.3, -0.25) is 4.79 Å². The first-order valence-corrected chi connectivity index (χ1v) is 9.81. The number of hydrogen-bond donors (Lipinski definition) is 1. The molecule has 4 rings (SSSR count). The lowest BCUT2D eigenvalue weighted by Gasteiger charge is -2.10. The molecule has 0 spiro atoms. The summed E-state index contributed by atoms with van der Waals surface area (Å²) in [5.41, 5.74) is 1.97. The zero-order chi connectivity index (χ0) is 22.3. The van der Waals surface area contributed by atoms with Crippen molar-refractivity contribution in [3.05, 3.63) is 72.8 Å². The Kier molecular flexibility index (Phi) is 6.31. The SMILES string of the molecule is COc1ccccc1NC(=O)COc1cccc(-c2noc(-c3ccccc3OC)n2)c1. The van der Waals surface area contributed by atoms with Gasteiger partial charge in [0, 0.05) is 5.56 Å². The summed E-state index contributed by atoms with van der Waals surface area (Å²) in [6.45, 7) is -0.166. The van der Waals surface area contributed by atoms with E-state index < -0.39 is 0 Å². The Bertz CT molecular complexity index is 1220. The van der Waals surface area contributed by atoms with Crippen LogP contribution in [0.15, 0.2) is 77.3 Å². The van der Waals surface area contributed by atoms with Gasteiger partial charge in [-0.1, -0.05) is 41.6 Å². The summed E-state index contributed by atoms with van der Waals surface area (Å²) in [6, 6.07) is 21.7. The molecule has 8 nitrogen and oxygen atoms in total. The Labute approximate surface area is 184 Å². The standard InChI is InChI=1S/C24H21N3O5/c1-29-20-12-5-3-10-18(20)24-26-23(27-32-24)16-8-7-9-17(14-16)31-15-22(28)25-19-11-4-6-13-21(19)30-2/h3-14H,15H2,1-2H3,(H,25,28). The Morgan fingerprint density at radius 2 is 1.69 bits per heavy atom. The molecule has 0 saturated carbocycles. The van der Waals surface area contributed by atoms with Crippen molar-refractivity contribution in [3.8, 4) is 40.1 Å². The average Bonchev–Trinajstić information content (AvgIpc) is 3.33. The molecule has 0 unspecified atom stereocenters. The number of benzene rings is 3. The van der Waals surface area contributed by atoms with E-state index in [0.717, 1.165) is 0 Å². The molecule has 0 bridgehead atoms. The van der Waals surface area contributed by atoms with Crippen LogP contribution in [0.3, 0.4) is 0 Å².